The van der Waals surface area contributed by atoms with E-state index in [9.17, 15) is 0 Å². The molecule has 23 heavy (non-hydrogen) atoms. The van der Waals surface area contributed by atoms with Crippen LogP contribution in [0.1, 0.15) is 46.2 Å². The predicted octanol–water partition coefficient (Wildman–Crippen LogP) is 4.72. The molecule has 1 aromatic carbocycles. The maximum Gasteiger partial charge on any atom is 0.195 e. The molecule has 4 heteroatoms. The Hall–Kier alpha value is -0.683. The summed E-state index contributed by atoms with van der Waals surface area (Å²) in [5, 5.41) is 3.70. The van der Waals surface area contributed by atoms with Gasteiger partial charge in [-0.3, -0.25) is 5.32 Å². The van der Waals surface area contributed by atoms with Gasteiger partial charge in [0, 0.05) is 0 Å². The van der Waals surface area contributed by atoms with Crippen molar-refractivity contribution < 1.29 is 9.16 Å². The van der Waals surface area contributed by atoms with Crippen molar-refractivity contribution in [3.63, 3.8) is 0 Å². The Labute approximate surface area is 142 Å². The monoisotopic (exact) mass is 335 g/mol. The van der Waals surface area contributed by atoms with E-state index in [1.807, 2.05) is 6.07 Å². The van der Waals surface area contributed by atoms with Crippen molar-refractivity contribution in [1.29, 1.82) is 0 Å². The summed E-state index contributed by atoms with van der Waals surface area (Å²) >= 11 is 0. The van der Waals surface area contributed by atoms with Gasteiger partial charge < -0.3 is 9.16 Å². The van der Waals surface area contributed by atoms with Crippen molar-refractivity contribution in [3.05, 3.63) is 35.9 Å². The van der Waals surface area contributed by atoms with Gasteiger partial charge in [-0.1, -0.05) is 44.2 Å². The predicted molar refractivity (Wildman–Crippen MR) is 98.9 cm³/mol. The van der Waals surface area contributed by atoms with Crippen molar-refractivity contribution >= 4 is 8.32 Å². The maximum atomic E-state index is 6.73. The molecule has 0 bridgehead atoms. The molecule has 3 atom stereocenters. The Balaban J connectivity index is 2.45. The molecule has 1 unspecified atom stereocenters. The molecular formula is C19H33NO2Si. The van der Waals surface area contributed by atoms with Gasteiger partial charge in [0.1, 0.15) is 0 Å². The van der Waals surface area contributed by atoms with E-state index in [-0.39, 0.29) is 17.7 Å². The highest BCUT2D eigenvalue weighted by molar-refractivity contribution is 6.69. The van der Waals surface area contributed by atoms with Crippen LogP contribution in [0.15, 0.2) is 30.3 Å². The number of hydrogen-bond donors (Lipinski definition) is 1. The lowest BCUT2D eigenvalue weighted by molar-refractivity contribution is -0.320. The molecule has 0 saturated carbocycles. The number of ether oxygens (including phenoxy) is 1. The lowest BCUT2D eigenvalue weighted by Gasteiger charge is -2.61. The lowest BCUT2D eigenvalue weighted by atomic mass is 9.77. The second-order valence-electron chi connectivity index (χ2n) is 8.88. The maximum absolute atomic E-state index is 6.73. The van der Waals surface area contributed by atoms with E-state index in [0.29, 0.717) is 5.92 Å². The van der Waals surface area contributed by atoms with Crippen LogP contribution in [0.4, 0.5) is 0 Å². The van der Waals surface area contributed by atoms with Crippen LogP contribution in [0.5, 0.6) is 0 Å². The largest absolute Gasteiger partial charge is 0.388 e. The minimum absolute atomic E-state index is 0.0713. The van der Waals surface area contributed by atoms with Crippen molar-refractivity contribution in [2.45, 2.75) is 77.7 Å². The molecule has 1 saturated heterocycles. The number of hydrogen-bond acceptors (Lipinski definition) is 3. The van der Waals surface area contributed by atoms with Crippen molar-refractivity contribution in [3.8, 4) is 0 Å². The minimum Gasteiger partial charge on any atom is -0.388 e. The molecule has 1 aliphatic heterocycles. The molecule has 0 spiro atoms. The first-order valence-corrected chi connectivity index (χ1v) is 12.1. The van der Waals surface area contributed by atoms with Crippen molar-refractivity contribution in [1.82, 2.24) is 5.32 Å². The van der Waals surface area contributed by atoms with E-state index in [2.05, 4.69) is 83.8 Å². The van der Waals surface area contributed by atoms with E-state index >= 15 is 0 Å². The van der Waals surface area contributed by atoms with Crippen LogP contribution >= 0.6 is 0 Å². The van der Waals surface area contributed by atoms with Gasteiger partial charge >= 0.3 is 0 Å². The highest BCUT2D eigenvalue weighted by Crippen LogP contribution is 2.48. The first kappa shape index (κ1) is 18.7. The molecule has 0 radical (unpaired) electrons. The molecule has 1 N–H and O–H groups in total. The molecule has 1 aromatic rings. The van der Waals surface area contributed by atoms with Gasteiger partial charge in [-0.25, -0.2) is 0 Å². The van der Waals surface area contributed by atoms with Crippen LogP contribution in [-0.4, -0.2) is 25.7 Å². The summed E-state index contributed by atoms with van der Waals surface area (Å²) < 4.78 is 13.4. The Bertz CT molecular complexity index is 500. The number of nitrogens with one attached hydrogen (secondary N) is 1. The fraction of sp³-hybridized carbons (Fsp3) is 0.684. The van der Waals surface area contributed by atoms with Crippen molar-refractivity contribution in [2.24, 2.45) is 5.92 Å². The normalized spacial score (nSPS) is 28.7. The van der Waals surface area contributed by atoms with Gasteiger partial charge in [0.2, 0.25) is 0 Å². The van der Waals surface area contributed by atoms with Gasteiger partial charge in [-0.15, -0.1) is 0 Å². The zero-order chi connectivity index (χ0) is 17.5. The van der Waals surface area contributed by atoms with E-state index in [1.54, 1.807) is 0 Å². The summed E-state index contributed by atoms with van der Waals surface area (Å²) in [5.74, 6) is -0.160. The highest BCUT2D eigenvalue weighted by Gasteiger charge is 2.61. The Morgan fingerprint density at radius 3 is 2.09 bits per heavy atom. The van der Waals surface area contributed by atoms with E-state index < -0.39 is 14.1 Å². The van der Waals surface area contributed by atoms with Crippen LogP contribution < -0.4 is 5.32 Å². The average Bonchev–Trinajstić information content (AvgIpc) is 2.34. The molecule has 1 fully saturated rings. The van der Waals surface area contributed by atoms with Crippen molar-refractivity contribution in [2.75, 3.05) is 0 Å². The van der Waals surface area contributed by atoms with Gasteiger partial charge in [0.25, 0.3) is 0 Å². The lowest BCUT2D eigenvalue weighted by Crippen LogP contribution is -2.76. The summed E-state index contributed by atoms with van der Waals surface area (Å²) in [4.78, 5) is 0. The average molecular weight is 336 g/mol. The van der Waals surface area contributed by atoms with Gasteiger partial charge in [-0.2, -0.15) is 0 Å². The molecule has 3 nitrogen and oxygen atoms in total. The standard InChI is InChI=1S/C19H33NO2Si/c1-14(2)16-19(21-18(3,4)5,22-23(6,7)8)17(20-16)15-12-10-9-11-13-15/h9-14,16-17,20H,1-8H3/t16-,17+,19?/m0/s1. The molecule has 0 aliphatic carbocycles. The summed E-state index contributed by atoms with van der Waals surface area (Å²) in [6, 6.07) is 10.8. The summed E-state index contributed by atoms with van der Waals surface area (Å²) in [5.41, 5.74) is 0.967. The number of rotatable bonds is 5. The van der Waals surface area contributed by atoms with Gasteiger partial charge in [0.15, 0.2) is 14.1 Å². The Kier molecular flexibility index (Phi) is 5.12. The molecule has 1 heterocycles. The number of benzene rings is 1. The fourth-order valence-corrected chi connectivity index (χ4v) is 4.59. The molecule has 2 rings (SSSR count). The van der Waals surface area contributed by atoms with Gasteiger partial charge in [0.05, 0.1) is 17.7 Å². The zero-order valence-electron chi connectivity index (χ0n) is 15.9. The highest BCUT2D eigenvalue weighted by atomic mass is 28.4. The summed E-state index contributed by atoms with van der Waals surface area (Å²) in [6.07, 6.45) is 0. The zero-order valence-corrected chi connectivity index (χ0v) is 16.9. The first-order valence-electron chi connectivity index (χ1n) is 8.66. The summed E-state index contributed by atoms with van der Waals surface area (Å²) in [7, 11) is -1.79. The van der Waals surface area contributed by atoms with E-state index in [4.69, 9.17) is 9.16 Å². The summed E-state index contributed by atoms with van der Waals surface area (Å²) in [6.45, 7) is 17.5. The third-order valence-corrected chi connectivity index (χ3v) is 4.84. The van der Waals surface area contributed by atoms with Crippen LogP contribution in [0.3, 0.4) is 0 Å². The van der Waals surface area contributed by atoms with Gasteiger partial charge in [-0.05, 0) is 51.9 Å². The topological polar surface area (TPSA) is 30.5 Å². The second-order valence-corrected chi connectivity index (χ2v) is 13.3. The second kappa shape index (κ2) is 6.32. The third kappa shape index (κ3) is 4.24. The third-order valence-electron chi connectivity index (χ3n) is 3.91. The smallest absolute Gasteiger partial charge is 0.195 e. The molecule has 0 amide bonds. The Morgan fingerprint density at radius 1 is 1.09 bits per heavy atom. The molecule has 0 aromatic heterocycles. The quantitative estimate of drug-likeness (QED) is 0.624. The van der Waals surface area contributed by atoms with Crippen LogP contribution in [0, 0.1) is 5.92 Å². The van der Waals surface area contributed by atoms with Crippen LogP contribution in [0.25, 0.3) is 0 Å². The molecule has 1 aliphatic rings. The van der Waals surface area contributed by atoms with E-state index in [0.717, 1.165) is 0 Å². The first-order chi connectivity index (χ1) is 10.4. The molecule has 130 valence electrons. The Morgan fingerprint density at radius 2 is 1.65 bits per heavy atom. The SMILES string of the molecule is CC(C)[C@@H]1N[C@H](c2ccccc2)C1(OC(C)(C)C)O[Si](C)(C)C. The van der Waals surface area contributed by atoms with Crippen LogP contribution in [0.2, 0.25) is 19.6 Å². The van der Waals surface area contributed by atoms with E-state index in [1.165, 1.54) is 5.56 Å². The molecular weight excluding hydrogens is 302 g/mol. The van der Waals surface area contributed by atoms with Crippen LogP contribution in [-0.2, 0) is 9.16 Å². The minimum atomic E-state index is -1.79. The fourth-order valence-electron chi connectivity index (χ4n) is 3.35.